The fraction of sp³-hybridized carbons (Fsp3) is 0.917. The van der Waals surface area contributed by atoms with E-state index < -0.39 is 5.97 Å². The number of carboxylic acid groups (broad SMARTS) is 1. The summed E-state index contributed by atoms with van der Waals surface area (Å²) in [4.78, 5) is 12.9. The average molecular weight is 213 g/mol. The van der Waals surface area contributed by atoms with Gasteiger partial charge in [0.05, 0.1) is 6.54 Å². The van der Waals surface area contributed by atoms with E-state index in [0.29, 0.717) is 12.1 Å². The van der Waals surface area contributed by atoms with E-state index in [1.807, 2.05) is 0 Å². The standard InChI is InChI=1S/C12H23NO2/c1-9(2)13(8-12(14)15)11-6-4-10(3)5-7-11/h9-11H,4-8H2,1-3H3,(H,14,15). The highest BCUT2D eigenvalue weighted by atomic mass is 16.4. The second kappa shape index (κ2) is 5.50. The molecule has 15 heavy (non-hydrogen) atoms. The van der Waals surface area contributed by atoms with Crippen LogP contribution in [0.4, 0.5) is 0 Å². The highest BCUT2D eigenvalue weighted by Gasteiger charge is 2.26. The van der Waals surface area contributed by atoms with Crippen molar-refractivity contribution in [3.63, 3.8) is 0 Å². The van der Waals surface area contributed by atoms with Gasteiger partial charge in [-0.2, -0.15) is 0 Å². The molecule has 88 valence electrons. The molecule has 1 fully saturated rings. The van der Waals surface area contributed by atoms with Crippen LogP contribution in [0.1, 0.15) is 46.5 Å². The van der Waals surface area contributed by atoms with Crippen LogP contribution in [0.15, 0.2) is 0 Å². The molecule has 3 heteroatoms. The van der Waals surface area contributed by atoms with Crippen molar-refractivity contribution in [2.24, 2.45) is 5.92 Å². The molecule has 1 saturated carbocycles. The fourth-order valence-electron chi connectivity index (χ4n) is 2.46. The van der Waals surface area contributed by atoms with E-state index in [9.17, 15) is 4.79 Å². The van der Waals surface area contributed by atoms with Crippen LogP contribution in [0, 0.1) is 5.92 Å². The van der Waals surface area contributed by atoms with Crippen molar-refractivity contribution in [3.05, 3.63) is 0 Å². The van der Waals surface area contributed by atoms with Gasteiger partial charge < -0.3 is 5.11 Å². The van der Waals surface area contributed by atoms with E-state index in [1.54, 1.807) is 0 Å². The fourth-order valence-corrected chi connectivity index (χ4v) is 2.46. The van der Waals surface area contributed by atoms with Crippen LogP contribution in [0.5, 0.6) is 0 Å². The minimum absolute atomic E-state index is 0.191. The molecule has 0 aromatic heterocycles. The Morgan fingerprint density at radius 2 is 1.87 bits per heavy atom. The topological polar surface area (TPSA) is 40.5 Å². The summed E-state index contributed by atoms with van der Waals surface area (Å²) < 4.78 is 0. The van der Waals surface area contributed by atoms with Gasteiger partial charge in [-0.15, -0.1) is 0 Å². The highest BCUT2D eigenvalue weighted by Crippen LogP contribution is 2.27. The molecule has 0 spiro atoms. The van der Waals surface area contributed by atoms with Crippen molar-refractivity contribution in [3.8, 4) is 0 Å². The number of hydrogen-bond acceptors (Lipinski definition) is 2. The molecule has 0 heterocycles. The predicted molar refractivity (Wildman–Crippen MR) is 60.9 cm³/mol. The van der Waals surface area contributed by atoms with Crippen molar-refractivity contribution < 1.29 is 9.90 Å². The Bertz CT molecular complexity index is 208. The number of nitrogens with zero attached hydrogens (tertiary/aromatic N) is 1. The van der Waals surface area contributed by atoms with Crippen LogP contribution in [0.2, 0.25) is 0 Å². The quantitative estimate of drug-likeness (QED) is 0.779. The summed E-state index contributed by atoms with van der Waals surface area (Å²) in [6, 6.07) is 0.816. The smallest absolute Gasteiger partial charge is 0.317 e. The number of hydrogen-bond donors (Lipinski definition) is 1. The third-order valence-corrected chi connectivity index (χ3v) is 3.44. The monoisotopic (exact) mass is 213 g/mol. The minimum Gasteiger partial charge on any atom is -0.480 e. The SMILES string of the molecule is CC1CCC(N(CC(=O)O)C(C)C)CC1. The maximum absolute atomic E-state index is 10.8. The molecule has 0 saturated heterocycles. The number of aliphatic carboxylic acids is 1. The summed E-state index contributed by atoms with van der Waals surface area (Å²) in [5.41, 5.74) is 0. The summed E-state index contributed by atoms with van der Waals surface area (Å²) >= 11 is 0. The Balaban J connectivity index is 2.52. The third kappa shape index (κ3) is 3.82. The molecule has 3 nitrogen and oxygen atoms in total. The van der Waals surface area contributed by atoms with E-state index in [2.05, 4.69) is 25.7 Å². The Kier molecular flexibility index (Phi) is 4.58. The second-order valence-corrected chi connectivity index (χ2v) is 5.07. The van der Waals surface area contributed by atoms with Crippen LogP contribution >= 0.6 is 0 Å². The van der Waals surface area contributed by atoms with E-state index >= 15 is 0 Å². The zero-order valence-electron chi connectivity index (χ0n) is 10.1. The molecule has 0 atom stereocenters. The summed E-state index contributed by atoms with van der Waals surface area (Å²) in [7, 11) is 0. The van der Waals surface area contributed by atoms with Gasteiger partial charge in [0.2, 0.25) is 0 Å². The lowest BCUT2D eigenvalue weighted by atomic mass is 9.86. The molecule has 0 unspecified atom stereocenters. The zero-order chi connectivity index (χ0) is 11.4. The van der Waals surface area contributed by atoms with Gasteiger partial charge in [-0.05, 0) is 45.4 Å². The van der Waals surface area contributed by atoms with Crippen LogP contribution in [0.3, 0.4) is 0 Å². The first kappa shape index (κ1) is 12.5. The van der Waals surface area contributed by atoms with Gasteiger partial charge in [0.25, 0.3) is 0 Å². The number of carbonyl (C=O) groups is 1. The molecule has 1 rings (SSSR count). The lowest BCUT2D eigenvalue weighted by Crippen LogP contribution is -2.45. The molecular weight excluding hydrogens is 190 g/mol. The van der Waals surface area contributed by atoms with Crippen molar-refractivity contribution in [2.75, 3.05) is 6.54 Å². The average Bonchev–Trinajstić information content (AvgIpc) is 2.15. The van der Waals surface area contributed by atoms with Crippen LogP contribution in [-0.2, 0) is 4.79 Å². The van der Waals surface area contributed by atoms with Gasteiger partial charge in [-0.25, -0.2) is 0 Å². The molecule has 0 aromatic rings. The predicted octanol–water partition coefficient (Wildman–Crippen LogP) is 2.36. The van der Waals surface area contributed by atoms with Crippen LogP contribution in [-0.4, -0.2) is 34.6 Å². The van der Waals surface area contributed by atoms with Crippen LogP contribution < -0.4 is 0 Å². The van der Waals surface area contributed by atoms with Crippen molar-refractivity contribution in [1.82, 2.24) is 4.90 Å². The molecule has 1 N–H and O–H groups in total. The highest BCUT2D eigenvalue weighted by molar-refractivity contribution is 5.69. The van der Waals surface area contributed by atoms with Gasteiger partial charge in [0, 0.05) is 12.1 Å². The summed E-state index contributed by atoms with van der Waals surface area (Å²) in [5, 5.41) is 8.87. The molecule has 1 aliphatic rings. The number of carboxylic acids is 1. The van der Waals surface area contributed by atoms with Crippen LogP contribution in [0.25, 0.3) is 0 Å². The maximum atomic E-state index is 10.8. The molecular formula is C12H23NO2. The number of rotatable bonds is 4. The maximum Gasteiger partial charge on any atom is 0.317 e. The van der Waals surface area contributed by atoms with Gasteiger partial charge in [-0.1, -0.05) is 6.92 Å². The Morgan fingerprint density at radius 1 is 1.33 bits per heavy atom. The summed E-state index contributed by atoms with van der Waals surface area (Å²) in [6.07, 6.45) is 4.81. The van der Waals surface area contributed by atoms with Crippen molar-refractivity contribution in [1.29, 1.82) is 0 Å². The molecule has 0 bridgehead atoms. The Morgan fingerprint density at radius 3 is 2.27 bits per heavy atom. The third-order valence-electron chi connectivity index (χ3n) is 3.44. The first-order valence-electron chi connectivity index (χ1n) is 5.98. The second-order valence-electron chi connectivity index (χ2n) is 5.07. The van der Waals surface area contributed by atoms with Gasteiger partial charge in [0.15, 0.2) is 0 Å². The molecule has 0 aromatic carbocycles. The van der Waals surface area contributed by atoms with E-state index in [0.717, 1.165) is 18.8 Å². The van der Waals surface area contributed by atoms with Gasteiger partial charge in [-0.3, -0.25) is 9.69 Å². The first-order chi connectivity index (χ1) is 7.00. The zero-order valence-corrected chi connectivity index (χ0v) is 10.1. The first-order valence-corrected chi connectivity index (χ1v) is 5.98. The minimum atomic E-state index is -0.706. The molecule has 1 aliphatic carbocycles. The molecule has 0 radical (unpaired) electrons. The Labute approximate surface area is 92.5 Å². The largest absolute Gasteiger partial charge is 0.480 e. The lowest BCUT2D eigenvalue weighted by Gasteiger charge is -2.37. The normalized spacial score (nSPS) is 27.3. The Hall–Kier alpha value is -0.570. The van der Waals surface area contributed by atoms with E-state index in [-0.39, 0.29) is 6.54 Å². The van der Waals surface area contributed by atoms with E-state index in [4.69, 9.17) is 5.11 Å². The summed E-state index contributed by atoms with van der Waals surface area (Å²) in [6.45, 7) is 6.64. The van der Waals surface area contributed by atoms with E-state index in [1.165, 1.54) is 12.8 Å². The molecule has 0 aliphatic heterocycles. The van der Waals surface area contributed by atoms with Gasteiger partial charge in [0.1, 0.15) is 0 Å². The lowest BCUT2D eigenvalue weighted by molar-refractivity contribution is -0.139. The van der Waals surface area contributed by atoms with Gasteiger partial charge >= 0.3 is 5.97 Å². The van der Waals surface area contributed by atoms with Crippen molar-refractivity contribution in [2.45, 2.75) is 58.5 Å². The summed E-state index contributed by atoms with van der Waals surface area (Å²) in [5.74, 6) is 0.113. The van der Waals surface area contributed by atoms with Crippen molar-refractivity contribution >= 4 is 5.97 Å². The molecule has 0 amide bonds.